The molecule has 0 spiro atoms. The maximum atomic E-state index is 6.21. The Bertz CT molecular complexity index is 735. The molecule has 0 saturated carbocycles. The zero-order valence-corrected chi connectivity index (χ0v) is 12.5. The van der Waals surface area contributed by atoms with E-state index in [0.29, 0.717) is 6.54 Å². The quantitative estimate of drug-likeness (QED) is 0.771. The van der Waals surface area contributed by atoms with Crippen molar-refractivity contribution < 1.29 is 0 Å². The molecule has 0 atom stereocenters. The normalized spacial score (nSPS) is 10.6. The van der Waals surface area contributed by atoms with E-state index in [0.717, 1.165) is 27.7 Å². The van der Waals surface area contributed by atoms with Crippen LogP contribution in [0.4, 0.5) is 5.69 Å². The molecule has 0 amide bonds. The van der Waals surface area contributed by atoms with Gasteiger partial charge in [0.15, 0.2) is 0 Å². The first-order chi connectivity index (χ1) is 10.2. The number of aryl methyl sites for hydroxylation is 1. The lowest BCUT2D eigenvalue weighted by atomic mass is 10.2. The van der Waals surface area contributed by atoms with Crippen LogP contribution in [0.15, 0.2) is 60.8 Å². The van der Waals surface area contributed by atoms with E-state index >= 15 is 0 Å². The average molecular weight is 298 g/mol. The maximum Gasteiger partial charge on any atom is 0.0819 e. The topological polar surface area (TPSA) is 29.9 Å². The number of halogens is 1. The van der Waals surface area contributed by atoms with Gasteiger partial charge in [-0.15, -0.1) is 0 Å². The van der Waals surface area contributed by atoms with Gasteiger partial charge in [-0.3, -0.25) is 0 Å². The molecule has 21 heavy (non-hydrogen) atoms. The molecule has 3 aromatic rings. The van der Waals surface area contributed by atoms with Gasteiger partial charge >= 0.3 is 0 Å². The van der Waals surface area contributed by atoms with Crippen molar-refractivity contribution in [1.82, 2.24) is 9.78 Å². The molecule has 0 bridgehead atoms. The summed E-state index contributed by atoms with van der Waals surface area (Å²) in [4.78, 5) is 0. The van der Waals surface area contributed by atoms with Crippen molar-refractivity contribution in [1.29, 1.82) is 0 Å². The lowest BCUT2D eigenvalue weighted by Gasteiger charge is -2.07. The second-order valence-electron chi connectivity index (χ2n) is 4.92. The summed E-state index contributed by atoms with van der Waals surface area (Å²) < 4.78 is 1.87. The van der Waals surface area contributed by atoms with Crippen LogP contribution >= 0.6 is 11.6 Å². The number of rotatable bonds is 4. The molecule has 3 rings (SSSR count). The highest BCUT2D eigenvalue weighted by Crippen LogP contribution is 2.23. The first kappa shape index (κ1) is 13.7. The van der Waals surface area contributed by atoms with Crippen LogP contribution in [0.2, 0.25) is 5.02 Å². The van der Waals surface area contributed by atoms with Gasteiger partial charge in [-0.2, -0.15) is 5.10 Å². The second kappa shape index (κ2) is 6.02. The Balaban J connectivity index is 1.70. The molecule has 1 aromatic heterocycles. The molecule has 0 saturated heterocycles. The number of aromatic nitrogens is 2. The summed E-state index contributed by atoms with van der Waals surface area (Å²) >= 11 is 6.21. The van der Waals surface area contributed by atoms with Crippen LogP contribution in [-0.4, -0.2) is 9.78 Å². The SMILES string of the molecule is Cc1ccc(NCc2ccn(-c3ccccc3)n2)c(Cl)c1. The molecule has 0 aliphatic carbocycles. The molecule has 1 heterocycles. The summed E-state index contributed by atoms with van der Waals surface area (Å²) in [5.41, 5.74) is 4.10. The Kier molecular flexibility index (Phi) is 3.93. The predicted octanol–water partition coefficient (Wildman–Crippen LogP) is 4.45. The number of hydrogen-bond acceptors (Lipinski definition) is 2. The molecule has 2 aromatic carbocycles. The van der Waals surface area contributed by atoms with E-state index in [1.807, 2.05) is 72.4 Å². The minimum Gasteiger partial charge on any atom is -0.378 e. The van der Waals surface area contributed by atoms with Crippen molar-refractivity contribution in [2.75, 3.05) is 5.32 Å². The zero-order valence-electron chi connectivity index (χ0n) is 11.8. The van der Waals surface area contributed by atoms with Crippen molar-refractivity contribution in [3.8, 4) is 5.69 Å². The summed E-state index contributed by atoms with van der Waals surface area (Å²) in [6.07, 6.45) is 1.96. The molecule has 0 radical (unpaired) electrons. The Morgan fingerprint density at radius 2 is 1.90 bits per heavy atom. The zero-order chi connectivity index (χ0) is 14.7. The molecule has 0 aliphatic heterocycles. The van der Waals surface area contributed by atoms with Gasteiger partial charge in [-0.25, -0.2) is 4.68 Å². The van der Waals surface area contributed by atoms with Gasteiger partial charge in [0, 0.05) is 6.20 Å². The van der Waals surface area contributed by atoms with Gasteiger partial charge in [0.05, 0.1) is 28.6 Å². The van der Waals surface area contributed by atoms with E-state index < -0.39 is 0 Å². The average Bonchev–Trinajstić information content (AvgIpc) is 2.96. The van der Waals surface area contributed by atoms with Crippen LogP contribution in [0.1, 0.15) is 11.3 Å². The minimum absolute atomic E-state index is 0.641. The molecule has 0 fully saturated rings. The standard InChI is InChI=1S/C17H16ClN3/c1-13-7-8-17(16(18)11-13)19-12-14-9-10-21(20-14)15-5-3-2-4-6-15/h2-11,19H,12H2,1H3. The highest BCUT2D eigenvalue weighted by Gasteiger charge is 2.03. The summed E-state index contributed by atoms with van der Waals surface area (Å²) in [6, 6.07) is 18.0. The van der Waals surface area contributed by atoms with Crippen molar-refractivity contribution in [2.24, 2.45) is 0 Å². The third kappa shape index (κ3) is 3.26. The van der Waals surface area contributed by atoms with Gasteiger partial charge in [-0.1, -0.05) is 35.9 Å². The first-order valence-corrected chi connectivity index (χ1v) is 7.20. The van der Waals surface area contributed by atoms with Crippen molar-refractivity contribution in [3.63, 3.8) is 0 Å². The highest BCUT2D eigenvalue weighted by molar-refractivity contribution is 6.33. The third-order valence-corrected chi connectivity index (χ3v) is 3.56. The van der Waals surface area contributed by atoms with Crippen LogP contribution < -0.4 is 5.32 Å². The molecule has 0 aliphatic rings. The van der Waals surface area contributed by atoms with E-state index in [2.05, 4.69) is 10.4 Å². The first-order valence-electron chi connectivity index (χ1n) is 6.82. The van der Waals surface area contributed by atoms with Crippen LogP contribution in [0, 0.1) is 6.92 Å². The molecule has 4 heteroatoms. The van der Waals surface area contributed by atoms with Gasteiger partial charge in [0.2, 0.25) is 0 Å². The van der Waals surface area contributed by atoms with Gasteiger partial charge in [-0.05, 0) is 42.8 Å². The molecular weight excluding hydrogens is 282 g/mol. The summed E-state index contributed by atoms with van der Waals surface area (Å²) in [5, 5.41) is 8.60. The minimum atomic E-state index is 0.641. The van der Waals surface area contributed by atoms with Crippen LogP contribution in [0.5, 0.6) is 0 Å². The Labute approximate surface area is 129 Å². The van der Waals surface area contributed by atoms with E-state index in [9.17, 15) is 0 Å². The molecular formula is C17H16ClN3. The van der Waals surface area contributed by atoms with E-state index in [4.69, 9.17) is 11.6 Å². The summed E-state index contributed by atoms with van der Waals surface area (Å²) in [5.74, 6) is 0. The second-order valence-corrected chi connectivity index (χ2v) is 5.33. The van der Waals surface area contributed by atoms with E-state index in [1.54, 1.807) is 0 Å². The van der Waals surface area contributed by atoms with Crippen LogP contribution in [0.3, 0.4) is 0 Å². The number of nitrogens with one attached hydrogen (secondary N) is 1. The van der Waals surface area contributed by atoms with Gasteiger partial charge < -0.3 is 5.32 Å². The lowest BCUT2D eigenvalue weighted by Crippen LogP contribution is -2.02. The Hall–Kier alpha value is -2.26. The summed E-state index contributed by atoms with van der Waals surface area (Å²) in [7, 11) is 0. The molecule has 3 nitrogen and oxygen atoms in total. The lowest BCUT2D eigenvalue weighted by molar-refractivity contribution is 0.844. The Morgan fingerprint density at radius 3 is 2.67 bits per heavy atom. The number of nitrogens with zero attached hydrogens (tertiary/aromatic N) is 2. The fourth-order valence-corrected chi connectivity index (χ4v) is 2.43. The number of hydrogen-bond donors (Lipinski definition) is 1. The number of anilines is 1. The van der Waals surface area contributed by atoms with E-state index in [1.165, 1.54) is 0 Å². The van der Waals surface area contributed by atoms with Gasteiger partial charge in [0.1, 0.15) is 0 Å². The fourth-order valence-electron chi connectivity index (χ4n) is 2.13. The Morgan fingerprint density at radius 1 is 1.10 bits per heavy atom. The largest absolute Gasteiger partial charge is 0.378 e. The van der Waals surface area contributed by atoms with E-state index in [-0.39, 0.29) is 0 Å². The molecule has 0 unspecified atom stereocenters. The highest BCUT2D eigenvalue weighted by atomic mass is 35.5. The number of para-hydroxylation sites is 1. The monoisotopic (exact) mass is 297 g/mol. The van der Waals surface area contributed by atoms with Gasteiger partial charge in [0.25, 0.3) is 0 Å². The maximum absolute atomic E-state index is 6.21. The smallest absolute Gasteiger partial charge is 0.0819 e. The number of benzene rings is 2. The van der Waals surface area contributed by atoms with Crippen LogP contribution in [-0.2, 0) is 6.54 Å². The van der Waals surface area contributed by atoms with Crippen molar-refractivity contribution in [3.05, 3.63) is 77.1 Å². The summed E-state index contributed by atoms with van der Waals surface area (Å²) in [6.45, 7) is 2.67. The predicted molar refractivity (Wildman–Crippen MR) is 87.1 cm³/mol. The van der Waals surface area contributed by atoms with Crippen LogP contribution in [0.25, 0.3) is 5.69 Å². The third-order valence-electron chi connectivity index (χ3n) is 3.25. The molecule has 106 valence electrons. The molecule has 1 N–H and O–H groups in total. The van der Waals surface area contributed by atoms with Crippen molar-refractivity contribution in [2.45, 2.75) is 13.5 Å². The van der Waals surface area contributed by atoms with Crippen molar-refractivity contribution >= 4 is 17.3 Å². The fraction of sp³-hybridized carbons (Fsp3) is 0.118.